The molecule has 0 atom stereocenters. The van der Waals surface area contributed by atoms with Gasteiger partial charge in [-0.1, -0.05) is 0 Å². The summed E-state index contributed by atoms with van der Waals surface area (Å²) in [5, 5.41) is 20.0. The highest BCUT2D eigenvalue weighted by atomic mass is 16.6. The summed E-state index contributed by atoms with van der Waals surface area (Å²) < 4.78 is 0. The van der Waals surface area contributed by atoms with Crippen LogP contribution in [0.15, 0.2) is 12.3 Å². The van der Waals surface area contributed by atoms with Gasteiger partial charge in [0.2, 0.25) is 0 Å². The van der Waals surface area contributed by atoms with E-state index in [1.807, 2.05) is 0 Å². The summed E-state index contributed by atoms with van der Waals surface area (Å²) in [6.45, 7) is 4.78. The van der Waals surface area contributed by atoms with Gasteiger partial charge in [0.25, 0.3) is 11.6 Å². The molecule has 0 saturated carbocycles. The van der Waals surface area contributed by atoms with Crippen LogP contribution in [0, 0.1) is 10.1 Å². The summed E-state index contributed by atoms with van der Waals surface area (Å²) >= 11 is 0. The number of primary amides is 1. The fraction of sp³-hybridized carbons (Fsp3) is 0.417. The van der Waals surface area contributed by atoms with E-state index in [1.54, 1.807) is 6.92 Å². The molecular weight excluding hydrogens is 280 g/mol. The summed E-state index contributed by atoms with van der Waals surface area (Å²) in [6.07, 6.45) is 0.961. The molecular formula is C12H16N4O5. The number of pyridine rings is 1. The molecule has 0 aromatic carbocycles. The number of hydrogen-bond donors (Lipinski definition) is 2. The van der Waals surface area contributed by atoms with Crippen LogP contribution in [0.2, 0.25) is 0 Å². The maximum atomic E-state index is 11.5. The molecule has 0 bridgehead atoms. The first-order valence-corrected chi connectivity index (χ1v) is 6.08. The monoisotopic (exact) mass is 296 g/mol. The van der Waals surface area contributed by atoms with Gasteiger partial charge in [-0.25, -0.2) is 9.78 Å². The number of carbonyl (C=O) groups excluding carboxylic acids is 1. The Morgan fingerprint density at radius 3 is 2.48 bits per heavy atom. The molecule has 0 aliphatic rings. The van der Waals surface area contributed by atoms with Crippen molar-refractivity contribution in [2.24, 2.45) is 5.73 Å². The standard InChI is InChI=1S/C12H16N4O5/c1-4-15(12(2,3)11(18)19)10-8(9(13)17)5-7(6-14-10)16(20)21/h5-6H,4H2,1-3H3,(H2,13,17)(H,18,19). The highest BCUT2D eigenvalue weighted by molar-refractivity contribution is 5.99. The molecule has 0 aliphatic heterocycles. The van der Waals surface area contributed by atoms with E-state index < -0.39 is 28.0 Å². The third-order valence-electron chi connectivity index (χ3n) is 3.10. The van der Waals surface area contributed by atoms with Gasteiger partial charge in [-0.05, 0) is 20.8 Å². The summed E-state index contributed by atoms with van der Waals surface area (Å²) in [4.78, 5) is 38.1. The fourth-order valence-corrected chi connectivity index (χ4v) is 1.87. The molecule has 21 heavy (non-hydrogen) atoms. The second-order valence-corrected chi connectivity index (χ2v) is 4.79. The number of hydrogen-bond acceptors (Lipinski definition) is 6. The molecule has 1 amide bonds. The summed E-state index contributed by atoms with van der Waals surface area (Å²) in [5.74, 6) is -2.04. The number of carboxylic acids is 1. The van der Waals surface area contributed by atoms with Crippen LogP contribution in [0.1, 0.15) is 31.1 Å². The molecule has 3 N–H and O–H groups in total. The molecule has 9 nitrogen and oxygen atoms in total. The number of amides is 1. The van der Waals surface area contributed by atoms with Gasteiger partial charge in [-0.2, -0.15) is 0 Å². The van der Waals surface area contributed by atoms with E-state index in [1.165, 1.54) is 18.7 Å². The average molecular weight is 296 g/mol. The molecule has 0 radical (unpaired) electrons. The Labute approximate surface area is 120 Å². The number of aliphatic carboxylic acids is 1. The quantitative estimate of drug-likeness (QED) is 0.583. The number of likely N-dealkylation sites (N-methyl/N-ethyl adjacent to an activating group) is 1. The van der Waals surface area contributed by atoms with E-state index in [4.69, 9.17) is 5.73 Å². The van der Waals surface area contributed by atoms with Gasteiger partial charge in [0, 0.05) is 12.6 Å². The minimum absolute atomic E-state index is 0.00278. The van der Waals surface area contributed by atoms with Crippen molar-refractivity contribution in [3.63, 3.8) is 0 Å². The zero-order valence-electron chi connectivity index (χ0n) is 11.9. The third-order valence-corrected chi connectivity index (χ3v) is 3.10. The smallest absolute Gasteiger partial charge is 0.328 e. The van der Waals surface area contributed by atoms with Crippen molar-refractivity contribution in [1.29, 1.82) is 0 Å². The van der Waals surface area contributed by atoms with Gasteiger partial charge in [0.05, 0.1) is 10.5 Å². The minimum Gasteiger partial charge on any atom is -0.480 e. The molecule has 1 aromatic rings. The van der Waals surface area contributed by atoms with Crippen molar-refractivity contribution in [3.05, 3.63) is 27.9 Å². The maximum Gasteiger partial charge on any atom is 0.328 e. The second kappa shape index (κ2) is 5.73. The van der Waals surface area contributed by atoms with Crippen LogP contribution in [0.3, 0.4) is 0 Å². The Hall–Kier alpha value is -2.71. The molecule has 1 aromatic heterocycles. The third kappa shape index (κ3) is 3.07. The van der Waals surface area contributed by atoms with E-state index in [2.05, 4.69) is 4.98 Å². The zero-order chi connectivity index (χ0) is 16.4. The van der Waals surface area contributed by atoms with Crippen LogP contribution < -0.4 is 10.6 Å². The number of nitrogens with two attached hydrogens (primary N) is 1. The number of carbonyl (C=O) groups is 2. The molecule has 0 spiro atoms. The topological polar surface area (TPSA) is 140 Å². The van der Waals surface area contributed by atoms with Crippen LogP contribution in [-0.4, -0.2) is 39.0 Å². The molecule has 0 unspecified atom stereocenters. The first-order chi connectivity index (χ1) is 9.62. The fourth-order valence-electron chi connectivity index (χ4n) is 1.87. The predicted molar refractivity (Wildman–Crippen MR) is 74.1 cm³/mol. The Bertz CT molecular complexity index is 599. The van der Waals surface area contributed by atoms with E-state index in [-0.39, 0.29) is 17.9 Å². The lowest BCUT2D eigenvalue weighted by Crippen LogP contribution is -2.51. The van der Waals surface area contributed by atoms with Crippen LogP contribution in [0.25, 0.3) is 0 Å². The molecule has 114 valence electrons. The lowest BCUT2D eigenvalue weighted by atomic mass is 10.0. The predicted octanol–water partition coefficient (Wildman–Crippen LogP) is 0.778. The molecule has 1 heterocycles. The van der Waals surface area contributed by atoms with Crippen molar-refractivity contribution in [1.82, 2.24) is 4.98 Å². The van der Waals surface area contributed by atoms with Gasteiger partial charge in [0.15, 0.2) is 0 Å². The molecule has 9 heteroatoms. The van der Waals surface area contributed by atoms with Crippen LogP contribution in [-0.2, 0) is 4.79 Å². The Morgan fingerprint density at radius 2 is 2.10 bits per heavy atom. The summed E-state index contributed by atoms with van der Waals surface area (Å²) in [6, 6.07) is 0.991. The van der Waals surface area contributed by atoms with Crippen LogP contribution in [0.4, 0.5) is 11.5 Å². The summed E-state index contributed by atoms with van der Waals surface area (Å²) in [5.41, 5.74) is 3.27. The van der Waals surface area contributed by atoms with E-state index in [0.29, 0.717) is 0 Å². The highest BCUT2D eigenvalue weighted by Gasteiger charge is 2.36. The minimum atomic E-state index is -1.36. The molecule has 0 saturated heterocycles. The SMILES string of the molecule is CCN(c1ncc([N+](=O)[O-])cc1C(N)=O)C(C)(C)C(=O)O. The van der Waals surface area contributed by atoms with Crippen molar-refractivity contribution >= 4 is 23.4 Å². The second-order valence-electron chi connectivity index (χ2n) is 4.79. The number of anilines is 1. The van der Waals surface area contributed by atoms with Crippen LogP contribution in [0.5, 0.6) is 0 Å². The average Bonchev–Trinajstić information content (AvgIpc) is 2.38. The number of aromatic nitrogens is 1. The Kier molecular flexibility index (Phi) is 4.46. The number of carboxylic acid groups (broad SMARTS) is 1. The number of nitrogens with zero attached hydrogens (tertiary/aromatic N) is 3. The van der Waals surface area contributed by atoms with E-state index in [9.17, 15) is 24.8 Å². The van der Waals surface area contributed by atoms with Crippen molar-refractivity contribution in [2.75, 3.05) is 11.4 Å². The molecule has 1 rings (SSSR count). The van der Waals surface area contributed by atoms with Crippen molar-refractivity contribution in [3.8, 4) is 0 Å². The van der Waals surface area contributed by atoms with E-state index in [0.717, 1.165) is 12.3 Å². The lowest BCUT2D eigenvalue weighted by molar-refractivity contribution is -0.385. The Balaban J connectivity index is 3.50. The van der Waals surface area contributed by atoms with Gasteiger partial charge in [-0.15, -0.1) is 0 Å². The maximum absolute atomic E-state index is 11.5. The zero-order valence-corrected chi connectivity index (χ0v) is 11.9. The van der Waals surface area contributed by atoms with Crippen molar-refractivity contribution < 1.29 is 19.6 Å². The number of rotatable bonds is 6. The highest BCUT2D eigenvalue weighted by Crippen LogP contribution is 2.28. The van der Waals surface area contributed by atoms with Gasteiger partial charge in [-0.3, -0.25) is 14.9 Å². The molecule has 0 aliphatic carbocycles. The Morgan fingerprint density at radius 1 is 1.52 bits per heavy atom. The summed E-state index contributed by atoms with van der Waals surface area (Å²) in [7, 11) is 0. The van der Waals surface area contributed by atoms with E-state index >= 15 is 0 Å². The largest absolute Gasteiger partial charge is 0.480 e. The molecule has 0 fully saturated rings. The van der Waals surface area contributed by atoms with Crippen LogP contribution >= 0.6 is 0 Å². The first kappa shape index (κ1) is 16.3. The lowest BCUT2D eigenvalue weighted by Gasteiger charge is -2.35. The number of nitro groups is 1. The van der Waals surface area contributed by atoms with Crippen molar-refractivity contribution in [2.45, 2.75) is 26.3 Å². The first-order valence-electron chi connectivity index (χ1n) is 6.08. The normalized spacial score (nSPS) is 11.0. The van der Waals surface area contributed by atoms with Gasteiger partial charge >= 0.3 is 5.97 Å². The van der Waals surface area contributed by atoms with Gasteiger partial charge < -0.3 is 15.7 Å². The van der Waals surface area contributed by atoms with Gasteiger partial charge in [0.1, 0.15) is 17.6 Å².